The van der Waals surface area contributed by atoms with Crippen LogP contribution in [0, 0.1) is 0 Å². The summed E-state index contributed by atoms with van der Waals surface area (Å²) in [5, 5.41) is 13.0. The summed E-state index contributed by atoms with van der Waals surface area (Å²) in [4.78, 5) is 15.8. The van der Waals surface area contributed by atoms with E-state index in [0.717, 1.165) is 12.1 Å². The van der Waals surface area contributed by atoms with E-state index in [9.17, 15) is 4.79 Å². The molecular weight excluding hydrogens is 260 g/mol. The van der Waals surface area contributed by atoms with E-state index in [-0.39, 0.29) is 0 Å². The second kappa shape index (κ2) is 5.84. The van der Waals surface area contributed by atoms with Gasteiger partial charge in [-0.05, 0) is 24.5 Å². The molecule has 0 unspecified atom stereocenters. The Hall–Kier alpha value is -1.88. The summed E-state index contributed by atoms with van der Waals surface area (Å²) in [6.45, 7) is 3.99. The number of aromatic nitrogens is 1. The fraction of sp³-hybridized carbons (Fsp3) is 0.286. The van der Waals surface area contributed by atoms with Gasteiger partial charge in [-0.2, -0.15) is 0 Å². The molecule has 1 aromatic carbocycles. The summed E-state index contributed by atoms with van der Waals surface area (Å²) in [6.07, 6.45) is 1.54. The Balaban J connectivity index is 2.31. The molecule has 0 atom stereocenters. The predicted molar refractivity (Wildman–Crippen MR) is 77.6 cm³/mol. The molecular formula is C14H16N2O2S. The van der Waals surface area contributed by atoms with Crippen molar-refractivity contribution in [3.8, 4) is 0 Å². The monoisotopic (exact) mass is 276 g/mol. The molecule has 0 radical (unpaired) electrons. The molecule has 0 saturated carbocycles. The maximum Gasteiger partial charge on any atom is 0.347 e. The van der Waals surface area contributed by atoms with Gasteiger partial charge in [0, 0.05) is 5.69 Å². The highest BCUT2D eigenvalue weighted by Crippen LogP contribution is 2.28. The molecule has 0 amide bonds. The minimum atomic E-state index is -0.911. The van der Waals surface area contributed by atoms with Crippen LogP contribution in [0.5, 0.6) is 0 Å². The van der Waals surface area contributed by atoms with Crippen molar-refractivity contribution in [2.75, 3.05) is 5.32 Å². The second-order valence-electron chi connectivity index (χ2n) is 4.09. The lowest BCUT2D eigenvalue weighted by atomic mass is 10.1. The SMILES string of the molecule is CCc1ccccc1Nc1nc(CC)c(C(=O)O)s1. The van der Waals surface area contributed by atoms with E-state index in [2.05, 4.69) is 23.3 Å². The zero-order valence-electron chi connectivity index (χ0n) is 10.9. The van der Waals surface area contributed by atoms with E-state index in [0.29, 0.717) is 22.1 Å². The van der Waals surface area contributed by atoms with Gasteiger partial charge in [0.05, 0.1) is 5.69 Å². The minimum Gasteiger partial charge on any atom is -0.477 e. The second-order valence-corrected chi connectivity index (χ2v) is 5.09. The third-order valence-electron chi connectivity index (χ3n) is 2.87. The molecule has 4 nitrogen and oxygen atoms in total. The van der Waals surface area contributed by atoms with Gasteiger partial charge in [-0.1, -0.05) is 43.4 Å². The quantitative estimate of drug-likeness (QED) is 0.874. The average Bonchev–Trinajstić information content (AvgIpc) is 2.82. The number of nitrogens with one attached hydrogen (secondary N) is 1. The van der Waals surface area contributed by atoms with E-state index < -0.39 is 5.97 Å². The van der Waals surface area contributed by atoms with Gasteiger partial charge in [0.25, 0.3) is 0 Å². The smallest absolute Gasteiger partial charge is 0.347 e. The molecule has 0 aliphatic rings. The molecule has 100 valence electrons. The van der Waals surface area contributed by atoms with Gasteiger partial charge in [0.1, 0.15) is 4.88 Å². The molecule has 0 spiro atoms. The van der Waals surface area contributed by atoms with Crippen molar-refractivity contribution in [1.82, 2.24) is 4.98 Å². The van der Waals surface area contributed by atoms with Crippen LogP contribution >= 0.6 is 11.3 Å². The molecule has 5 heteroatoms. The van der Waals surface area contributed by atoms with Gasteiger partial charge >= 0.3 is 5.97 Å². The van der Waals surface area contributed by atoms with Crippen LogP contribution in [-0.2, 0) is 12.8 Å². The molecule has 1 heterocycles. The molecule has 2 aromatic rings. The Morgan fingerprint density at radius 2 is 2.05 bits per heavy atom. The Bertz CT molecular complexity index is 593. The maximum absolute atomic E-state index is 11.1. The van der Waals surface area contributed by atoms with Crippen LogP contribution in [0.15, 0.2) is 24.3 Å². The van der Waals surface area contributed by atoms with Crippen LogP contribution in [0.25, 0.3) is 0 Å². The molecule has 2 rings (SSSR count). The number of anilines is 2. The number of aryl methyl sites for hydroxylation is 2. The standard InChI is InChI=1S/C14H16N2O2S/c1-3-9-7-5-6-8-11(9)16-14-15-10(4-2)12(19-14)13(17)18/h5-8H,3-4H2,1-2H3,(H,15,16)(H,17,18). The first-order valence-electron chi connectivity index (χ1n) is 6.23. The van der Waals surface area contributed by atoms with Gasteiger partial charge in [-0.25, -0.2) is 9.78 Å². The van der Waals surface area contributed by atoms with Crippen LogP contribution in [0.2, 0.25) is 0 Å². The Morgan fingerprint density at radius 1 is 1.32 bits per heavy atom. The van der Waals surface area contributed by atoms with E-state index in [1.807, 2.05) is 25.1 Å². The number of carboxylic acid groups (broad SMARTS) is 1. The zero-order valence-corrected chi connectivity index (χ0v) is 11.8. The predicted octanol–water partition coefficient (Wildman–Crippen LogP) is 3.71. The van der Waals surface area contributed by atoms with E-state index in [4.69, 9.17) is 5.11 Å². The Labute approximate surface area is 116 Å². The molecule has 0 fully saturated rings. The first-order valence-corrected chi connectivity index (χ1v) is 7.05. The van der Waals surface area contributed by atoms with E-state index in [1.165, 1.54) is 16.9 Å². The molecule has 0 aliphatic heterocycles. The first kappa shape index (κ1) is 13.5. The third-order valence-corrected chi connectivity index (χ3v) is 3.87. The van der Waals surface area contributed by atoms with Gasteiger partial charge in [-0.15, -0.1) is 0 Å². The zero-order chi connectivity index (χ0) is 13.8. The molecule has 1 aromatic heterocycles. The number of benzene rings is 1. The Morgan fingerprint density at radius 3 is 2.63 bits per heavy atom. The third kappa shape index (κ3) is 2.93. The van der Waals surface area contributed by atoms with Gasteiger partial charge < -0.3 is 10.4 Å². The van der Waals surface area contributed by atoms with Crippen molar-refractivity contribution < 1.29 is 9.90 Å². The minimum absolute atomic E-state index is 0.318. The summed E-state index contributed by atoms with van der Waals surface area (Å²) in [5.74, 6) is -0.911. The molecule has 0 saturated heterocycles. The topological polar surface area (TPSA) is 62.2 Å². The number of carbonyl (C=O) groups is 1. The molecule has 0 aliphatic carbocycles. The number of nitrogens with zero attached hydrogens (tertiary/aromatic N) is 1. The lowest BCUT2D eigenvalue weighted by Gasteiger charge is -2.07. The van der Waals surface area contributed by atoms with Crippen LogP contribution in [-0.4, -0.2) is 16.1 Å². The molecule has 2 N–H and O–H groups in total. The molecule has 0 bridgehead atoms. The largest absolute Gasteiger partial charge is 0.477 e. The lowest BCUT2D eigenvalue weighted by Crippen LogP contribution is -1.97. The lowest BCUT2D eigenvalue weighted by molar-refractivity contribution is 0.0701. The first-order chi connectivity index (χ1) is 9.15. The summed E-state index contributed by atoms with van der Waals surface area (Å²) >= 11 is 1.18. The number of rotatable bonds is 5. The number of para-hydroxylation sites is 1. The number of hydrogen-bond donors (Lipinski definition) is 2. The highest BCUT2D eigenvalue weighted by Gasteiger charge is 2.16. The van der Waals surface area contributed by atoms with Crippen LogP contribution in [0.4, 0.5) is 10.8 Å². The summed E-state index contributed by atoms with van der Waals surface area (Å²) in [7, 11) is 0. The maximum atomic E-state index is 11.1. The Kier molecular flexibility index (Phi) is 4.16. The summed E-state index contributed by atoms with van der Waals surface area (Å²) < 4.78 is 0. The van der Waals surface area contributed by atoms with Crippen LogP contribution < -0.4 is 5.32 Å². The summed E-state index contributed by atoms with van der Waals surface area (Å²) in [5.41, 5.74) is 2.81. The van der Waals surface area contributed by atoms with Crippen LogP contribution in [0.1, 0.15) is 34.8 Å². The fourth-order valence-corrected chi connectivity index (χ4v) is 2.78. The van der Waals surface area contributed by atoms with Crippen molar-refractivity contribution >= 4 is 28.1 Å². The van der Waals surface area contributed by atoms with Crippen molar-refractivity contribution in [2.24, 2.45) is 0 Å². The number of aromatic carboxylic acids is 1. The highest BCUT2D eigenvalue weighted by atomic mass is 32.1. The number of thiazole rings is 1. The molecule has 19 heavy (non-hydrogen) atoms. The van der Waals surface area contributed by atoms with Crippen molar-refractivity contribution in [3.05, 3.63) is 40.4 Å². The van der Waals surface area contributed by atoms with Crippen molar-refractivity contribution in [2.45, 2.75) is 26.7 Å². The highest BCUT2D eigenvalue weighted by molar-refractivity contribution is 7.17. The summed E-state index contributed by atoms with van der Waals surface area (Å²) in [6, 6.07) is 7.97. The van der Waals surface area contributed by atoms with Gasteiger partial charge in [0.15, 0.2) is 5.13 Å². The van der Waals surface area contributed by atoms with Crippen molar-refractivity contribution in [3.63, 3.8) is 0 Å². The van der Waals surface area contributed by atoms with Gasteiger partial charge in [-0.3, -0.25) is 0 Å². The van der Waals surface area contributed by atoms with E-state index in [1.54, 1.807) is 0 Å². The fourth-order valence-electron chi connectivity index (χ4n) is 1.88. The normalized spacial score (nSPS) is 10.4. The van der Waals surface area contributed by atoms with E-state index >= 15 is 0 Å². The average molecular weight is 276 g/mol. The van der Waals surface area contributed by atoms with Crippen molar-refractivity contribution in [1.29, 1.82) is 0 Å². The van der Waals surface area contributed by atoms with Gasteiger partial charge in [0.2, 0.25) is 0 Å². The number of carboxylic acids is 1. The number of hydrogen-bond acceptors (Lipinski definition) is 4. The van der Waals surface area contributed by atoms with Crippen LogP contribution in [0.3, 0.4) is 0 Å².